The van der Waals surface area contributed by atoms with Crippen LogP contribution < -0.4 is 0 Å². The Kier molecular flexibility index (Phi) is 2.73. The average Bonchev–Trinajstić information content (AvgIpc) is 2.78. The van der Waals surface area contributed by atoms with Crippen molar-refractivity contribution in [3.8, 4) is 11.3 Å². The van der Waals surface area contributed by atoms with Crippen molar-refractivity contribution < 1.29 is 14.3 Å². The van der Waals surface area contributed by atoms with Crippen molar-refractivity contribution in [1.82, 2.24) is 4.98 Å². The molecule has 0 aliphatic heterocycles. The van der Waals surface area contributed by atoms with Gasteiger partial charge < -0.3 is 0 Å². The van der Waals surface area contributed by atoms with Crippen molar-refractivity contribution in [2.24, 2.45) is 0 Å². The summed E-state index contributed by atoms with van der Waals surface area (Å²) < 4.78 is 11.6. The maximum atomic E-state index is 11.6. The quantitative estimate of drug-likeness (QED) is 0.785. The monoisotopic (exact) mass is 223 g/mol. The van der Waals surface area contributed by atoms with Gasteiger partial charge in [-0.05, 0) is 0 Å². The van der Waals surface area contributed by atoms with E-state index in [4.69, 9.17) is 0 Å². The van der Waals surface area contributed by atoms with Crippen LogP contribution in [0.3, 0.4) is 0 Å². The first-order chi connectivity index (χ1) is 7.31. The lowest BCUT2D eigenvalue weighted by Crippen LogP contribution is -1.97. The molecule has 15 heavy (non-hydrogen) atoms. The molecule has 0 aliphatic rings. The van der Waals surface area contributed by atoms with E-state index in [0.717, 1.165) is 16.9 Å². The first-order valence-corrected chi connectivity index (χ1v) is 5.03. The molecule has 0 spiro atoms. The van der Waals surface area contributed by atoms with Gasteiger partial charge in [0, 0.05) is 15.5 Å². The molecule has 0 unspecified atom stereocenters. The van der Waals surface area contributed by atoms with Gasteiger partial charge >= 0.3 is 5.97 Å². The van der Waals surface area contributed by atoms with Crippen molar-refractivity contribution in [2.75, 3.05) is 0 Å². The Morgan fingerprint density at radius 1 is 1.33 bits per heavy atom. The fourth-order valence-electron chi connectivity index (χ4n) is 1.14. The molecule has 0 N–H and O–H groups in total. The summed E-state index contributed by atoms with van der Waals surface area (Å²) in [5.41, 5.74) is 1.52. The van der Waals surface area contributed by atoms with Crippen LogP contribution in [0.2, 0.25) is 0 Å². The molecule has 0 saturated heterocycles. The van der Waals surface area contributed by atoms with Crippen LogP contribution in [0.1, 0.15) is 9.80 Å². The lowest BCUT2D eigenvalue weighted by Gasteiger charge is -1.93. The number of nitrogens with zero attached hydrogens (tertiary/aromatic N) is 1. The summed E-state index contributed by atoms with van der Waals surface area (Å²) >= 11 is 1.05. The summed E-state index contributed by atoms with van der Waals surface area (Å²) in [6, 6.07) is 9.33. The van der Waals surface area contributed by atoms with E-state index in [1.807, 2.05) is 30.3 Å². The molecule has 0 radical (unpaired) electrons. The molecular formula is C10H6FNO2S. The minimum atomic E-state index is -1.05. The van der Waals surface area contributed by atoms with Gasteiger partial charge in [-0.25, -0.2) is 14.7 Å². The van der Waals surface area contributed by atoms with Crippen molar-refractivity contribution in [2.45, 2.75) is 0 Å². The second-order valence-corrected chi connectivity index (χ2v) is 3.63. The van der Waals surface area contributed by atoms with E-state index in [1.165, 1.54) is 0 Å². The van der Waals surface area contributed by atoms with Crippen LogP contribution in [0.4, 0.5) is 4.53 Å². The van der Waals surface area contributed by atoms with Gasteiger partial charge in [0.25, 0.3) is 0 Å². The molecule has 0 bridgehead atoms. The maximum absolute atomic E-state index is 11.6. The maximum Gasteiger partial charge on any atom is 0.407 e. The minimum Gasteiger partial charge on any atom is -0.247 e. The molecule has 3 nitrogen and oxygen atoms in total. The van der Waals surface area contributed by atoms with Crippen molar-refractivity contribution in [3.05, 3.63) is 40.7 Å². The summed E-state index contributed by atoms with van der Waals surface area (Å²) in [6.45, 7) is 0. The fourth-order valence-corrected chi connectivity index (χ4v) is 1.83. The van der Waals surface area contributed by atoms with E-state index in [1.54, 1.807) is 5.38 Å². The molecular weight excluding hydrogens is 217 g/mol. The zero-order valence-corrected chi connectivity index (χ0v) is 8.33. The first-order valence-electron chi connectivity index (χ1n) is 4.15. The standard InChI is InChI=1S/C10H6FNO2S/c11-14-10(13)9-12-8(6-15-9)7-4-2-1-3-5-7/h1-6H. The third-order valence-electron chi connectivity index (χ3n) is 1.82. The SMILES string of the molecule is O=C(OF)c1nc(-c2ccccc2)cs1. The van der Waals surface area contributed by atoms with E-state index >= 15 is 0 Å². The molecule has 2 aromatic rings. The number of hydrogen-bond donors (Lipinski definition) is 0. The lowest BCUT2D eigenvalue weighted by molar-refractivity contribution is -0.0788. The summed E-state index contributed by atoms with van der Waals surface area (Å²) in [4.78, 5) is 17.9. The number of carbonyl (C=O) groups is 1. The number of rotatable bonds is 2. The van der Waals surface area contributed by atoms with Gasteiger partial charge in [-0.1, -0.05) is 30.3 Å². The molecule has 2 rings (SSSR count). The molecule has 1 heterocycles. The number of hydrogen-bond acceptors (Lipinski definition) is 4. The molecule has 1 aromatic heterocycles. The van der Waals surface area contributed by atoms with Gasteiger partial charge in [-0.3, -0.25) is 0 Å². The summed E-state index contributed by atoms with van der Waals surface area (Å²) in [5, 5.41) is 1.69. The Morgan fingerprint density at radius 2 is 2.07 bits per heavy atom. The number of thiazole rings is 1. The molecule has 5 heteroatoms. The number of carbonyl (C=O) groups excluding carboxylic acids is 1. The third-order valence-corrected chi connectivity index (χ3v) is 2.64. The van der Waals surface area contributed by atoms with Gasteiger partial charge in [0.1, 0.15) is 0 Å². The van der Waals surface area contributed by atoms with E-state index in [2.05, 4.69) is 9.93 Å². The Balaban J connectivity index is 2.32. The second kappa shape index (κ2) is 4.18. The molecule has 76 valence electrons. The third kappa shape index (κ3) is 2.02. The normalized spacial score (nSPS) is 9.93. The van der Waals surface area contributed by atoms with Gasteiger partial charge in [-0.15, -0.1) is 11.3 Å². The van der Waals surface area contributed by atoms with Crippen LogP contribution in [0.25, 0.3) is 11.3 Å². The minimum absolute atomic E-state index is 0.0105. The van der Waals surface area contributed by atoms with Crippen LogP contribution in [0.15, 0.2) is 35.7 Å². The van der Waals surface area contributed by atoms with Crippen LogP contribution in [0.5, 0.6) is 0 Å². The van der Waals surface area contributed by atoms with Gasteiger partial charge in [0.2, 0.25) is 5.01 Å². The fraction of sp³-hybridized carbons (Fsp3) is 0. The Labute approximate surface area is 89.1 Å². The smallest absolute Gasteiger partial charge is 0.247 e. The van der Waals surface area contributed by atoms with Gasteiger partial charge in [0.05, 0.1) is 5.69 Å². The Morgan fingerprint density at radius 3 is 2.73 bits per heavy atom. The van der Waals surface area contributed by atoms with Gasteiger partial charge in [-0.2, -0.15) is 0 Å². The number of benzene rings is 1. The summed E-state index contributed by atoms with van der Waals surface area (Å²) in [6.07, 6.45) is 0. The molecule has 0 amide bonds. The van der Waals surface area contributed by atoms with E-state index in [-0.39, 0.29) is 5.01 Å². The predicted octanol–water partition coefficient (Wildman–Crippen LogP) is 2.85. The number of halogens is 1. The zero-order valence-electron chi connectivity index (χ0n) is 7.51. The molecule has 0 atom stereocenters. The number of aromatic nitrogens is 1. The molecule has 0 fully saturated rings. The van der Waals surface area contributed by atoms with Crippen LogP contribution in [-0.2, 0) is 4.94 Å². The second-order valence-electron chi connectivity index (χ2n) is 2.77. The van der Waals surface area contributed by atoms with E-state index in [9.17, 15) is 9.32 Å². The first kappa shape index (κ1) is 9.79. The highest BCUT2D eigenvalue weighted by Gasteiger charge is 2.13. The van der Waals surface area contributed by atoms with Crippen molar-refractivity contribution in [3.63, 3.8) is 0 Å². The highest BCUT2D eigenvalue weighted by molar-refractivity contribution is 7.11. The van der Waals surface area contributed by atoms with E-state index in [0.29, 0.717) is 5.69 Å². The molecule has 1 aromatic carbocycles. The zero-order chi connectivity index (χ0) is 10.7. The van der Waals surface area contributed by atoms with E-state index < -0.39 is 5.97 Å². The Bertz CT molecular complexity index is 469. The topological polar surface area (TPSA) is 39.2 Å². The largest absolute Gasteiger partial charge is 0.407 e. The molecule has 0 saturated carbocycles. The Hall–Kier alpha value is -1.75. The lowest BCUT2D eigenvalue weighted by atomic mass is 10.2. The van der Waals surface area contributed by atoms with Gasteiger partial charge in [0.15, 0.2) is 0 Å². The van der Waals surface area contributed by atoms with Crippen molar-refractivity contribution >= 4 is 17.3 Å². The van der Waals surface area contributed by atoms with Crippen molar-refractivity contribution in [1.29, 1.82) is 0 Å². The highest BCUT2D eigenvalue weighted by Crippen LogP contribution is 2.21. The predicted molar refractivity (Wildman–Crippen MR) is 54.1 cm³/mol. The summed E-state index contributed by atoms with van der Waals surface area (Å²) in [5.74, 6) is -1.05. The summed E-state index contributed by atoms with van der Waals surface area (Å²) in [7, 11) is 0. The average molecular weight is 223 g/mol. The van der Waals surface area contributed by atoms with Crippen LogP contribution >= 0.6 is 11.3 Å². The highest BCUT2D eigenvalue weighted by atomic mass is 32.1. The van der Waals surface area contributed by atoms with Crippen LogP contribution in [0, 0.1) is 0 Å². The molecule has 0 aliphatic carbocycles. The van der Waals surface area contributed by atoms with Crippen LogP contribution in [-0.4, -0.2) is 11.0 Å².